The summed E-state index contributed by atoms with van der Waals surface area (Å²) >= 11 is 0. The molecule has 1 aromatic rings. The summed E-state index contributed by atoms with van der Waals surface area (Å²) in [6.07, 6.45) is -0.469. The normalized spacial score (nSPS) is 12.2. The summed E-state index contributed by atoms with van der Waals surface area (Å²) in [4.78, 5) is 21.7. The molecule has 0 spiro atoms. The molecule has 0 amide bonds. The maximum atomic E-state index is 13.1. The Kier molecular flexibility index (Phi) is 4.13. The molecule has 0 aromatic carbocycles. The maximum absolute atomic E-state index is 13.1. The van der Waals surface area contributed by atoms with Gasteiger partial charge in [-0.05, 0) is 6.92 Å². The number of carbonyl (C=O) groups is 1. The van der Waals surface area contributed by atoms with E-state index in [4.69, 9.17) is 0 Å². The fourth-order valence-corrected chi connectivity index (χ4v) is 1.11. The second-order valence-corrected chi connectivity index (χ2v) is 3.11. The number of aryl methyl sites for hydroxylation is 1. The summed E-state index contributed by atoms with van der Waals surface area (Å²) < 4.78 is 35.4. The highest BCUT2D eigenvalue weighted by Gasteiger charge is 2.16. The third-order valence-corrected chi connectivity index (χ3v) is 2.02. The SMILES string of the molecule is COC(=O)/C(F)=C(\F)CCn1c(C)noc1=O. The lowest BCUT2D eigenvalue weighted by atomic mass is 10.3. The van der Waals surface area contributed by atoms with Gasteiger partial charge in [0.15, 0.2) is 5.82 Å². The van der Waals surface area contributed by atoms with Crippen LogP contribution in [0.2, 0.25) is 0 Å². The Bertz CT molecular complexity index is 503. The number of halogens is 2. The van der Waals surface area contributed by atoms with Gasteiger partial charge >= 0.3 is 11.7 Å². The van der Waals surface area contributed by atoms with Crippen molar-refractivity contribution in [1.82, 2.24) is 9.72 Å². The molecule has 0 N–H and O–H groups in total. The van der Waals surface area contributed by atoms with Crippen LogP contribution in [0.1, 0.15) is 12.2 Å². The van der Waals surface area contributed by atoms with E-state index in [-0.39, 0.29) is 12.4 Å². The molecule has 0 aliphatic heterocycles. The van der Waals surface area contributed by atoms with Gasteiger partial charge in [0, 0.05) is 13.0 Å². The summed E-state index contributed by atoms with van der Waals surface area (Å²) in [5.41, 5.74) is 0. The Balaban J connectivity index is 2.75. The van der Waals surface area contributed by atoms with Crippen LogP contribution in [0.25, 0.3) is 0 Å². The Morgan fingerprint density at radius 3 is 2.65 bits per heavy atom. The molecule has 0 unspecified atom stereocenters. The average Bonchev–Trinajstić information content (AvgIpc) is 2.64. The van der Waals surface area contributed by atoms with Crippen LogP contribution in [-0.4, -0.2) is 22.8 Å². The molecule has 1 aromatic heterocycles. The van der Waals surface area contributed by atoms with Gasteiger partial charge < -0.3 is 4.74 Å². The molecule has 0 saturated carbocycles. The number of allylic oxidation sites excluding steroid dienone is 1. The Morgan fingerprint density at radius 1 is 1.53 bits per heavy atom. The van der Waals surface area contributed by atoms with E-state index < -0.39 is 29.8 Å². The highest BCUT2D eigenvalue weighted by Crippen LogP contribution is 2.14. The van der Waals surface area contributed by atoms with Gasteiger partial charge in [0.25, 0.3) is 0 Å². The second kappa shape index (κ2) is 5.37. The van der Waals surface area contributed by atoms with Crippen molar-refractivity contribution in [2.45, 2.75) is 19.9 Å². The van der Waals surface area contributed by atoms with Crippen LogP contribution < -0.4 is 5.76 Å². The van der Waals surface area contributed by atoms with Crippen LogP contribution in [0.4, 0.5) is 8.78 Å². The zero-order valence-corrected chi connectivity index (χ0v) is 9.20. The van der Waals surface area contributed by atoms with Crippen molar-refractivity contribution in [3.8, 4) is 0 Å². The summed E-state index contributed by atoms with van der Waals surface area (Å²) in [5, 5.41) is 3.34. The van der Waals surface area contributed by atoms with E-state index in [1.165, 1.54) is 6.92 Å². The van der Waals surface area contributed by atoms with Crippen LogP contribution >= 0.6 is 0 Å². The molecule has 0 saturated heterocycles. The maximum Gasteiger partial charge on any atom is 0.441 e. The predicted octanol–water partition coefficient (Wildman–Crippen LogP) is 0.858. The van der Waals surface area contributed by atoms with Gasteiger partial charge in [-0.25, -0.2) is 14.0 Å². The number of aromatic nitrogens is 2. The first-order valence-electron chi connectivity index (χ1n) is 4.63. The Morgan fingerprint density at radius 2 is 2.18 bits per heavy atom. The third-order valence-electron chi connectivity index (χ3n) is 2.02. The fraction of sp³-hybridized carbons (Fsp3) is 0.444. The summed E-state index contributed by atoms with van der Waals surface area (Å²) in [5.74, 6) is -4.81. The predicted molar refractivity (Wildman–Crippen MR) is 51.4 cm³/mol. The first-order valence-corrected chi connectivity index (χ1v) is 4.63. The molecule has 1 rings (SSSR count). The zero-order chi connectivity index (χ0) is 13.0. The molecule has 8 heteroatoms. The molecule has 0 atom stereocenters. The van der Waals surface area contributed by atoms with Crippen molar-refractivity contribution >= 4 is 5.97 Å². The smallest absolute Gasteiger partial charge is 0.441 e. The Hall–Kier alpha value is -1.99. The number of ether oxygens (including phenoxy) is 1. The van der Waals surface area contributed by atoms with Gasteiger partial charge in [0.2, 0.25) is 5.83 Å². The van der Waals surface area contributed by atoms with Crippen LogP contribution in [0.5, 0.6) is 0 Å². The molecule has 0 aliphatic rings. The van der Waals surface area contributed by atoms with Gasteiger partial charge in [-0.15, -0.1) is 0 Å². The van der Waals surface area contributed by atoms with Crippen molar-refractivity contribution in [2.24, 2.45) is 0 Å². The van der Waals surface area contributed by atoms with Crippen molar-refractivity contribution in [3.63, 3.8) is 0 Å². The van der Waals surface area contributed by atoms with Crippen molar-refractivity contribution < 1.29 is 22.8 Å². The van der Waals surface area contributed by atoms with E-state index in [0.29, 0.717) is 0 Å². The van der Waals surface area contributed by atoms with Gasteiger partial charge in [-0.3, -0.25) is 9.09 Å². The summed E-state index contributed by atoms with van der Waals surface area (Å²) in [6, 6.07) is 0. The van der Waals surface area contributed by atoms with Gasteiger partial charge in [-0.2, -0.15) is 4.39 Å². The summed E-state index contributed by atoms with van der Waals surface area (Å²) in [6.45, 7) is 1.30. The van der Waals surface area contributed by atoms with Crippen LogP contribution in [0.15, 0.2) is 21.0 Å². The lowest BCUT2D eigenvalue weighted by Gasteiger charge is -2.01. The van der Waals surface area contributed by atoms with Gasteiger partial charge in [-0.1, -0.05) is 5.16 Å². The zero-order valence-electron chi connectivity index (χ0n) is 9.20. The standard InChI is InChI=1S/C9H10F2N2O4/c1-5-12-17-9(15)13(5)4-3-6(10)7(11)8(14)16-2/h3-4H2,1-2H3/b7-6+. The topological polar surface area (TPSA) is 74.3 Å². The van der Waals surface area contributed by atoms with Gasteiger partial charge in [0.1, 0.15) is 5.83 Å². The number of esters is 1. The first-order chi connectivity index (χ1) is 7.97. The van der Waals surface area contributed by atoms with Gasteiger partial charge in [0.05, 0.1) is 7.11 Å². The van der Waals surface area contributed by atoms with Crippen molar-refractivity contribution in [1.29, 1.82) is 0 Å². The van der Waals surface area contributed by atoms with Crippen LogP contribution in [0.3, 0.4) is 0 Å². The quantitative estimate of drug-likeness (QED) is 0.583. The molecule has 0 aliphatic carbocycles. The third kappa shape index (κ3) is 2.99. The molecular formula is C9H10F2N2O4. The molecule has 17 heavy (non-hydrogen) atoms. The van der Waals surface area contributed by atoms with E-state index in [0.717, 1.165) is 11.7 Å². The molecule has 94 valence electrons. The van der Waals surface area contributed by atoms with E-state index in [2.05, 4.69) is 14.4 Å². The highest BCUT2D eigenvalue weighted by molar-refractivity contribution is 5.86. The molecule has 6 nitrogen and oxygen atoms in total. The van der Waals surface area contributed by atoms with Crippen molar-refractivity contribution in [2.75, 3.05) is 7.11 Å². The molecule has 0 fully saturated rings. The van der Waals surface area contributed by atoms with E-state index in [1.807, 2.05) is 0 Å². The molecule has 0 bridgehead atoms. The monoisotopic (exact) mass is 248 g/mol. The van der Waals surface area contributed by atoms with E-state index in [1.54, 1.807) is 0 Å². The van der Waals surface area contributed by atoms with Crippen LogP contribution in [-0.2, 0) is 16.1 Å². The number of hydrogen-bond donors (Lipinski definition) is 0. The highest BCUT2D eigenvalue weighted by atomic mass is 19.2. The fourth-order valence-electron chi connectivity index (χ4n) is 1.11. The van der Waals surface area contributed by atoms with E-state index in [9.17, 15) is 18.4 Å². The average molecular weight is 248 g/mol. The largest absolute Gasteiger partial charge is 0.464 e. The molecular weight excluding hydrogens is 238 g/mol. The van der Waals surface area contributed by atoms with E-state index >= 15 is 0 Å². The second-order valence-electron chi connectivity index (χ2n) is 3.11. The first kappa shape index (κ1) is 13.1. The number of carbonyl (C=O) groups excluding carboxylic acids is 1. The molecule has 1 heterocycles. The lowest BCUT2D eigenvalue weighted by Crippen LogP contribution is -2.16. The van der Waals surface area contributed by atoms with Crippen molar-refractivity contribution in [3.05, 3.63) is 28.0 Å². The number of rotatable bonds is 4. The minimum absolute atomic E-state index is 0.176. The number of hydrogen-bond acceptors (Lipinski definition) is 5. The lowest BCUT2D eigenvalue weighted by molar-refractivity contribution is -0.138. The summed E-state index contributed by atoms with van der Waals surface area (Å²) in [7, 11) is 0.934. The minimum Gasteiger partial charge on any atom is -0.464 e. The van der Waals surface area contributed by atoms with Crippen LogP contribution in [0, 0.1) is 6.92 Å². The Labute approximate surface area is 94.5 Å². The number of nitrogens with zero attached hydrogens (tertiary/aromatic N) is 2. The minimum atomic E-state index is -1.60. The number of methoxy groups -OCH3 is 1. The molecule has 0 radical (unpaired) electrons.